The van der Waals surface area contributed by atoms with E-state index in [9.17, 15) is 9.59 Å². The molecule has 0 fully saturated rings. The zero-order valence-corrected chi connectivity index (χ0v) is 17.6. The number of aromatic amines is 1. The van der Waals surface area contributed by atoms with Gasteiger partial charge in [0.1, 0.15) is 24.2 Å². The second-order valence-electron chi connectivity index (χ2n) is 7.03. The second-order valence-corrected chi connectivity index (χ2v) is 7.98. The number of carbonyl (C=O) groups is 1. The van der Waals surface area contributed by atoms with Gasteiger partial charge in [-0.2, -0.15) is 0 Å². The highest BCUT2D eigenvalue weighted by Gasteiger charge is 2.17. The number of nitrogens with zero attached hydrogens (tertiary/aromatic N) is 2. The van der Waals surface area contributed by atoms with Crippen LogP contribution in [0.25, 0.3) is 21.9 Å². The van der Waals surface area contributed by atoms with E-state index < -0.39 is 0 Å². The number of benzene rings is 2. The summed E-state index contributed by atoms with van der Waals surface area (Å²) in [7, 11) is 0. The van der Waals surface area contributed by atoms with E-state index in [-0.39, 0.29) is 17.2 Å². The van der Waals surface area contributed by atoms with Gasteiger partial charge in [-0.25, -0.2) is 4.98 Å². The molecule has 0 atom stereocenters. The molecule has 1 aliphatic heterocycles. The van der Waals surface area contributed by atoms with Crippen LogP contribution in [0.4, 0.5) is 5.69 Å². The number of anilines is 1. The quantitative estimate of drug-likeness (QED) is 0.368. The molecular weight excluding hydrogens is 416 g/mol. The van der Waals surface area contributed by atoms with E-state index in [0.717, 1.165) is 10.9 Å². The molecule has 2 N–H and O–H groups in total. The van der Waals surface area contributed by atoms with Crippen molar-refractivity contribution in [2.45, 2.75) is 18.6 Å². The molecule has 4 aromatic rings. The van der Waals surface area contributed by atoms with Crippen LogP contribution in [0.2, 0.25) is 0 Å². The molecular formula is C22H20N4O4S. The SMILES string of the molecule is CCn1c(SCC(=O)Nc2ccc3c(c2)OCCO3)nc2c([nH]c3ccccc32)c1=O. The number of para-hydroxylation sites is 1. The van der Waals surface area contributed by atoms with Crippen LogP contribution in [0.15, 0.2) is 52.4 Å². The summed E-state index contributed by atoms with van der Waals surface area (Å²) in [6.07, 6.45) is 0. The normalized spacial score (nSPS) is 12.9. The van der Waals surface area contributed by atoms with Gasteiger partial charge < -0.3 is 19.8 Å². The van der Waals surface area contributed by atoms with Crippen LogP contribution in [-0.2, 0) is 11.3 Å². The van der Waals surface area contributed by atoms with Gasteiger partial charge in [-0.15, -0.1) is 0 Å². The molecule has 3 heterocycles. The van der Waals surface area contributed by atoms with Gasteiger partial charge in [-0.1, -0.05) is 30.0 Å². The van der Waals surface area contributed by atoms with Gasteiger partial charge >= 0.3 is 0 Å². The maximum absolute atomic E-state index is 13.0. The fourth-order valence-electron chi connectivity index (χ4n) is 3.61. The molecule has 5 rings (SSSR count). The third kappa shape index (κ3) is 3.61. The average molecular weight is 436 g/mol. The van der Waals surface area contributed by atoms with Crippen molar-refractivity contribution < 1.29 is 14.3 Å². The Bertz CT molecular complexity index is 1360. The maximum Gasteiger partial charge on any atom is 0.278 e. The number of H-pyrrole nitrogens is 1. The lowest BCUT2D eigenvalue weighted by Gasteiger charge is -2.19. The molecule has 2 aromatic heterocycles. The number of hydrogen-bond donors (Lipinski definition) is 2. The van der Waals surface area contributed by atoms with Crippen LogP contribution in [0.1, 0.15) is 6.92 Å². The molecule has 1 amide bonds. The Kier molecular flexibility index (Phi) is 5.03. The molecule has 0 saturated heterocycles. The number of nitrogens with one attached hydrogen (secondary N) is 2. The van der Waals surface area contributed by atoms with Crippen molar-refractivity contribution in [1.82, 2.24) is 14.5 Å². The van der Waals surface area contributed by atoms with Crippen molar-refractivity contribution in [3.63, 3.8) is 0 Å². The zero-order chi connectivity index (χ0) is 21.4. The fourth-order valence-corrected chi connectivity index (χ4v) is 4.47. The van der Waals surface area contributed by atoms with Gasteiger partial charge in [0, 0.05) is 29.2 Å². The summed E-state index contributed by atoms with van der Waals surface area (Å²) in [6.45, 7) is 3.35. The number of thioether (sulfide) groups is 1. The molecule has 0 saturated carbocycles. The minimum Gasteiger partial charge on any atom is -0.486 e. The number of ether oxygens (including phenoxy) is 2. The van der Waals surface area contributed by atoms with Gasteiger partial charge in [0.25, 0.3) is 5.56 Å². The summed E-state index contributed by atoms with van der Waals surface area (Å²) >= 11 is 1.24. The Morgan fingerprint density at radius 1 is 1.19 bits per heavy atom. The first-order valence-electron chi connectivity index (χ1n) is 9.97. The third-order valence-corrected chi connectivity index (χ3v) is 6.03. The summed E-state index contributed by atoms with van der Waals surface area (Å²) in [5.41, 5.74) is 2.46. The van der Waals surface area contributed by atoms with E-state index in [4.69, 9.17) is 14.5 Å². The van der Waals surface area contributed by atoms with E-state index in [1.54, 1.807) is 22.8 Å². The molecule has 8 nitrogen and oxygen atoms in total. The summed E-state index contributed by atoms with van der Waals surface area (Å²) in [5.74, 6) is 1.21. The van der Waals surface area contributed by atoms with Crippen molar-refractivity contribution in [1.29, 1.82) is 0 Å². The Hall–Kier alpha value is -3.46. The molecule has 0 spiro atoms. The number of amides is 1. The van der Waals surface area contributed by atoms with E-state index in [2.05, 4.69) is 10.3 Å². The highest BCUT2D eigenvalue weighted by Crippen LogP contribution is 2.32. The van der Waals surface area contributed by atoms with Gasteiger partial charge in [-0.3, -0.25) is 14.2 Å². The van der Waals surface area contributed by atoms with Crippen LogP contribution in [0, 0.1) is 0 Å². The van der Waals surface area contributed by atoms with Crippen molar-refractivity contribution in [3.05, 3.63) is 52.8 Å². The summed E-state index contributed by atoms with van der Waals surface area (Å²) in [4.78, 5) is 33.4. The molecule has 0 unspecified atom stereocenters. The largest absolute Gasteiger partial charge is 0.486 e. The smallest absolute Gasteiger partial charge is 0.278 e. The molecule has 31 heavy (non-hydrogen) atoms. The fraction of sp³-hybridized carbons (Fsp3) is 0.227. The topological polar surface area (TPSA) is 98.2 Å². The lowest BCUT2D eigenvalue weighted by Crippen LogP contribution is -2.23. The van der Waals surface area contributed by atoms with E-state index >= 15 is 0 Å². The van der Waals surface area contributed by atoms with Crippen LogP contribution in [0.3, 0.4) is 0 Å². The van der Waals surface area contributed by atoms with Crippen LogP contribution >= 0.6 is 11.8 Å². The van der Waals surface area contributed by atoms with Crippen molar-refractivity contribution in [2.75, 3.05) is 24.3 Å². The lowest BCUT2D eigenvalue weighted by atomic mass is 10.2. The second kappa shape index (κ2) is 7.99. The summed E-state index contributed by atoms with van der Waals surface area (Å²) in [5, 5.41) is 4.26. The van der Waals surface area contributed by atoms with Gasteiger partial charge in [0.2, 0.25) is 5.91 Å². The minimum atomic E-state index is -0.197. The molecule has 0 aliphatic carbocycles. The average Bonchev–Trinajstić information content (AvgIpc) is 3.17. The Morgan fingerprint density at radius 2 is 2.00 bits per heavy atom. The highest BCUT2D eigenvalue weighted by molar-refractivity contribution is 7.99. The van der Waals surface area contributed by atoms with Crippen LogP contribution in [-0.4, -0.2) is 39.4 Å². The molecule has 2 aromatic carbocycles. The minimum absolute atomic E-state index is 0.120. The summed E-state index contributed by atoms with van der Waals surface area (Å²) in [6, 6.07) is 13.0. The molecule has 158 valence electrons. The molecule has 1 aliphatic rings. The van der Waals surface area contributed by atoms with Crippen molar-refractivity contribution >= 4 is 45.3 Å². The first kappa shape index (κ1) is 19.5. The van der Waals surface area contributed by atoms with Gasteiger partial charge in [0.15, 0.2) is 16.7 Å². The van der Waals surface area contributed by atoms with Gasteiger partial charge in [0.05, 0.1) is 5.75 Å². The number of hydrogen-bond acceptors (Lipinski definition) is 6. The summed E-state index contributed by atoms with van der Waals surface area (Å²) < 4.78 is 12.6. The lowest BCUT2D eigenvalue weighted by molar-refractivity contribution is -0.113. The van der Waals surface area contributed by atoms with Crippen molar-refractivity contribution in [3.8, 4) is 11.5 Å². The monoisotopic (exact) mass is 436 g/mol. The number of rotatable bonds is 5. The Morgan fingerprint density at radius 3 is 2.84 bits per heavy atom. The first-order valence-corrected chi connectivity index (χ1v) is 11.0. The zero-order valence-electron chi connectivity index (χ0n) is 16.8. The third-order valence-electron chi connectivity index (χ3n) is 5.05. The Labute approximate surface area is 181 Å². The van der Waals surface area contributed by atoms with E-state index in [0.29, 0.717) is 53.1 Å². The number of aromatic nitrogens is 3. The highest BCUT2D eigenvalue weighted by atomic mass is 32.2. The van der Waals surface area contributed by atoms with Crippen molar-refractivity contribution in [2.24, 2.45) is 0 Å². The predicted molar refractivity (Wildman–Crippen MR) is 120 cm³/mol. The first-order chi connectivity index (χ1) is 15.1. The number of carbonyl (C=O) groups excluding carboxylic acids is 1. The van der Waals surface area contributed by atoms with E-state index in [1.165, 1.54) is 11.8 Å². The predicted octanol–water partition coefficient (Wildman–Crippen LogP) is 3.40. The Balaban J connectivity index is 1.38. The van der Waals surface area contributed by atoms with Crippen LogP contribution < -0.4 is 20.3 Å². The maximum atomic E-state index is 13.0. The number of fused-ring (bicyclic) bond motifs is 4. The van der Waals surface area contributed by atoms with Crippen LogP contribution in [0.5, 0.6) is 11.5 Å². The molecule has 9 heteroatoms. The standard InChI is InChI=1S/C22H20N4O4S/c1-2-26-21(28)20-19(14-5-3-4-6-15(14)24-20)25-22(26)31-12-18(27)23-13-7-8-16-17(11-13)30-10-9-29-16/h3-8,11,24H,2,9-10,12H2,1H3,(H,23,27). The molecule has 0 radical (unpaired) electrons. The molecule has 0 bridgehead atoms. The van der Waals surface area contributed by atoms with Gasteiger partial charge in [-0.05, 0) is 25.1 Å². The van der Waals surface area contributed by atoms with E-state index in [1.807, 2.05) is 31.2 Å².